The van der Waals surface area contributed by atoms with Crippen LogP contribution in [-0.4, -0.2) is 24.0 Å². The molecule has 0 saturated heterocycles. The van der Waals surface area contributed by atoms with E-state index in [1.165, 1.54) is 51.4 Å². The molecule has 3 aliphatic rings. The number of fused-ring (bicyclic) bond motifs is 2. The molecule has 0 aromatic rings. The lowest BCUT2D eigenvalue weighted by molar-refractivity contribution is -0.681. The summed E-state index contributed by atoms with van der Waals surface area (Å²) in [4.78, 5) is 12.5. The van der Waals surface area contributed by atoms with Crippen LogP contribution in [0.25, 0.3) is 0 Å². The van der Waals surface area contributed by atoms with E-state index >= 15 is 0 Å². The van der Waals surface area contributed by atoms with Gasteiger partial charge in [-0.15, -0.1) is 0 Å². The summed E-state index contributed by atoms with van der Waals surface area (Å²) in [5, 5.41) is 5.74. The Bertz CT molecular complexity index is 400. The van der Waals surface area contributed by atoms with Gasteiger partial charge in [-0.1, -0.05) is 20.3 Å². The summed E-state index contributed by atoms with van der Waals surface area (Å²) in [6.45, 7) is 7.65. The van der Waals surface area contributed by atoms with Gasteiger partial charge in [0.25, 0.3) is 5.91 Å². The molecule has 0 unspecified atom stereocenters. The van der Waals surface area contributed by atoms with Crippen molar-refractivity contribution < 1.29 is 10.1 Å². The average Bonchev–Trinajstić information content (AvgIpc) is 3.01. The Morgan fingerprint density at radius 3 is 2.33 bits per heavy atom. The first-order valence-corrected chi connectivity index (χ1v) is 9.08. The molecule has 3 saturated carbocycles. The third kappa shape index (κ3) is 2.62. The van der Waals surface area contributed by atoms with E-state index in [1.807, 2.05) is 0 Å². The van der Waals surface area contributed by atoms with E-state index in [4.69, 9.17) is 0 Å². The normalized spacial score (nSPS) is 38.6. The summed E-state index contributed by atoms with van der Waals surface area (Å²) in [6, 6.07) is 0.686. The van der Waals surface area contributed by atoms with E-state index in [9.17, 15) is 4.79 Å². The van der Waals surface area contributed by atoms with E-state index < -0.39 is 0 Å². The molecule has 0 aromatic heterocycles. The van der Waals surface area contributed by atoms with Crippen molar-refractivity contribution >= 4 is 5.91 Å². The monoisotopic (exact) mass is 293 g/mol. The van der Waals surface area contributed by atoms with Gasteiger partial charge in [-0.25, -0.2) is 0 Å². The first-order valence-electron chi connectivity index (χ1n) is 9.08. The van der Waals surface area contributed by atoms with Gasteiger partial charge >= 0.3 is 0 Å². The van der Waals surface area contributed by atoms with Crippen LogP contribution < -0.4 is 10.6 Å². The van der Waals surface area contributed by atoms with E-state index in [2.05, 4.69) is 31.4 Å². The number of quaternary nitrogens is 1. The van der Waals surface area contributed by atoms with Gasteiger partial charge in [-0.2, -0.15) is 0 Å². The Morgan fingerprint density at radius 2 is 1.71 bits per heavy atom. The van der Waals surface area contributed by atoms with E-state index in [1.54, 1.807) is 0 Å². The van der Waals surface area contributed by atoms with Gasteiger partial charge in [0, 0.05) is 5.54 Å². The lowest BCUT2D eigenvalue weighted by Crippen LogP contribution is -2.92. The molecular weight excluding hydrogens is 260 g/mol. The second-order valence-corrected chi connectivity index (χ2v) is 8.52. The van der Waals surface area contributed by atoms with Crippen molar-refractivity contribution in [2.24, 2.45) is 17.3 Å². The van der Waals surface area contributed by atoms with Crippen molar-refractivity contribution in [1.29, 1.82) is 0 Å². The zero-order chi connectivity index (χ0) is 15.1. The molecule has 3 heteroatoms. The predicted molar refractivity (Wildman–Crippen MR) is 84.8 cm³/mol. The standard InChI is InChI=1S/C18H32N2O/c1-17(2)13-9-10-14(11-13)18(17,3)20-16(21)12-19-15-7-5-4-6-8-15/h13-15,19H,4-12H2,1-3H3,(H,20,21)/p+1/t13-,14+,18-/m1/s1. The molecule has 3 aliphatic carbocycles. The number of carbonyl (C=O) groups is 1. The van der Waals surface area contributed by atoms with Crippen LogP contribution in [-0.2, 0) is 4.79 Å². The third-order valence-corrected chi connectivity index (χ3v) is 7.29. The summed E-state index contributed by atoms with van der Waals surface area (Å²) in [6.07, 6.45) is 10.6. The SMILES string of the molecule is CC1(C)[C@@H]2CC[C@@H](C2)[C@@]1(C)NC(=O)C[NH2+]C1CCCCC1. The van der Waals surface area contributed by atoms with Gasteiger partial charge in [0.05, 0.1) is 6.04 Å². The highest BCUT2D eigenvalue weighted by Gasteiger charge is 2.60. The largest absolute Gasteiger partial charge is 0.345 e. The minimum absolute atomic E-state index is 0.00735. The first kappa shape index (κ1) is 15.3. The average molecular weight is 293 g/mol. The zero-order valence-electron chi connectivity index (χ0n) is 14.1. The van der Waals surface area contributed by atoms with Gasteiger partial charge in [0.2, 0.25) is 0 Å². The number of rotatable bonds is 4. The van der Waals surface area contributed by atoms with Gasteiger partial charge < -0.3 is 10.6 Å². The summed E-state index contributed by atoms with van der Waals surface area (Å²) in [7, 11) is 0. The van der Waals surface area contributed by atoms with Crippen LogP contribution in [0.4, 0.5) is 0 Å². The van der Waals surface area contributed by atoms with Gasteiger partial charge in [-0.05, 0) is 69.1 Å². The Balaban J connectivity index is 1.54. The molecule has 0 spiro atoms. The molecule has 0 radical (unpaired) electrons. The summed E-state index contributed by atoms with van der Waals surface area (Å²) < 4.78 is 0. The number of nitrogens with two attached hydrogens (primary N) is 1. The number of amides is 1. The highest BCUT2D eigenvalue weighted by Crippen LogP contribution is 2.61. The maximum atomic E-state index is 12.5. The zero-order valence-corrected chi connectivity index (χ0v) is 14.1. The van der Waals surface area contributed by atoms with Gasteiger partial charge in [-0.3, -0.25) is 4.79 Å². The Morgan fingerprint density at radius 1 is 1.05 bits per heavy atom. The molecular formula is C18H33N2O+. The van der Waals surface area contributed by atoms with Crippen LogP contribution in [0.3, 0.4) is 0 Å². The number of hydrogen-bond donors (Lipinski definition) is 2. The van der Waals surface area contributed by atoms with Crippen LogP contribution >= 0.6 is 0 Å². The second-order valence-electron chi connectivity index (χ2n) is 8.52. The second kappa shape index (κ2) is 5.57. The predicted octanol–water partition coefficient (Wildman–Crippen LogP) is 2.21. The molecule has 0 heterocycles. The quantitative estimate of drug-likeness (QED) is 0.820. The van der Waals surface area contributed by atoms with Crippen LogP contribution in [0.15, 0.2) is 0 Å². The van der Waals surface area contributed by atoms with Crippen LogP contribution in [0.5, 0.6) is 0 Å². The van der Waals surface area contributed by atoms with Crippen LogP contribution in [0.1, 0.15) is 72.1 Å². The lowest BCUT2D eigenvalue weighted by Gasteiger charge is -2.48. The van der Waals surface area contributed by atoms with Crippen molar-refractivity contribution in [3.63, 3.8) is 0 Å². The van der Waals surface area contributed by atoms with E-state index in [-0.39, 0.29) is 16.9 Å². The number of nitrogens with one attached hydrogen (secondary N) is 1. The van der Waals surface area contributed by atoms with Gasteiger partial charge in [0.15, 0.2) is 6.54 Å². The van der Waals surface area contributed by atoms with Gasteiger partial charge in [0.1, 0.15) is 0 Å². The van der Waals surface area contributed by atoms with Crippen LogP contribution in [0, 0.1) is 17.3 Å². The number of hydrogen-bond acceptors (Lipinski definition) is 1. The molecule has 3 atom stereocenters. The Labute approximate surface area is 129 Å². The minimum atomic E-state index is 0.00735. The Kier molecular flexibility index (Phi) is 4.06. The molecule has 120 valence electrons. The summed E-state index contributed by atoms with van der Waals surface area (Å²) >= 11 is 0. The fourth-order valence-corrected chi connectivity index (χ4v) is 5.36. The Hall–Kier alpha value is -0.570. The third-order valence-electron chi connectivity index (χ3n) is 7.29. The molecule has 0 aliphatic heterocycles. The highest BCUT2D eigenvalue weighted by atomic mass is 16.2. The molecule has 1 amide bonds. The minimum Gasteiger partial charge on any atom is -0.345 e. The first-order chi connectivity index (χ1) is 9.93. The number of carbonyl (C=O) groups excluding carboxylic acids is 1. The van der Waals surface area contributed by atoms with Crippen LogP contribution in [0.2, 0.25) is 0 Å². The molecule has 3 N–H and O–H groups in total. The maximum Gasteiger partial charge on any atom is 0.275 e. The summed E-state index contributed by atoms with van der Waals surface area (Å²) in [5.41, 5.74) is 0.254. The van der Waals surface area contributed by atoms with Crippen molar-refractivity contribution in [2.45, 2.75) is 83.7 Å². The van der Waals surface area contributed by atoms with E-state index in [0.29, 0.717) is 18.5 Å². The van der Waals surface area contributed by atoms with E-state index in [0.717, 1.165) is 5.92 Å². The van der Waals surface area contributed by atoms with Crippen molar-refractivity contribution in [3.8, 4) is 0 Å². The fourth-order valence-electron chi connectivity index (χ4n) is 5.36. The highest BCUT2D eigenvalue weighted by molar-refractivity contribution is 5.77. The smallest absolute Gasteiger partial charge is 0.275 e. The molecule has 0 aromatic carbocycles. The van der Waals surface area contributed by atoms with Crippen molar-refractivity contribution in [3.05, 3.63) is 0 Å². The molecule has 3 nitrogen and oxygen atoms in total. The molecule has 21 heavy (non-hydrogen) atoms. The maximum absolute atomic E-state index is 12.5. The topological polar surface area (TPSA) is 45.7 Å². The lowest BCUT2D eigenvalue weighted by atomic mass is 9.64. The molecule has 3 fully saturated rings. The molecule has 3 rings (SSSR count). The van der Waals surface area contributed by atoms with Crippen molar-refractivity contribution in [1.82, 2.24) is 5.32 Å². The fraction of sp³-hybridized carbons (Fsp3) is 0.944. The molecule has 2 bridgehead atoms. The summed E-state index contributed by atoms with van der Waals surface area (Å²) in [5.74, 6) is 1.75. The van der Waals surface area contributed by atoms with Crippen molar-refractivity contribution in [2.75, 3.05) is 6.54 Å².